The lowest BCUT2D eigenvalue weighted by Crippen LogP contribution is -2.50. The van der Waals surface area contributed by atoms with Crippen LogP contribution in [0.3, 0.4) is 0 Å². The number of amides is 1. The first-order chi connectivity index (χ1) is 11.5. The molecule has 1 N–H and O–H groups in total. The number of carbonyl (C=O) groups excluding carboxylic acids is 1. The molecule has 24 heavy (non-hydrogen) atoms. The summed E-state index contributed by atoms with van der Waals surface area (Å²) < 4.78 is 10.4. The van der Waals surface area contributed by atoms with E-state index in [9.17, 15) is 20.2 Å². The molecule has 1 amide bonds. The summed E-state index contributed by atoms with van der Waals surface area (Å²) in [5.41, 5.74) is -1.00. The zero-order valence-electron chi connectivity index (χ0n) is 13.4. The average Bonchev–Trinajstić information content (AvgIpc) is 2.60. The van der Waals surface area contributed by atoms with E-state index in [-0.39, 0.29) is 18.0 Å². The summed E-state index contributed by atoms with van der Waals surface area (Å²) in [6.07, 6.45) is 4.09. The van der Waals surface area contributed by atoms with Crippen LogP contribution < -0.4 is 14.8 Å². The molecule has 0 radical (unpaired) electrons. The highest BCUT2D eigenvalue weighted by Gasteiger charge is 2.33. The van der Waals surface area contributed by atoms with Gasteiger partial charge >= 0.3 is 0 Å². The fraction of sp³-hybridized carbons (Fsp3) is 0.500. The number of nitro benzene ring substituents is 1. The maximum atomic E-state index is 12.1. The smallest absolute Gasteiger partial charge is 0.273 e. The molecule has 0 saturated heterocycles. The summed E-state index contributed by atoms with van der Waals surface area (Å²) in [5, 5.41) is 22.9. The van der Waals surface area contributed by atoms with Crippen molar-refractivity contribution in [3.8, 4) is 17.6 Å². The molecule has 0 spiro atoms. The Morgan fingerprint density at radius 1 is 1.38 bits per heavy atom. The number of nitro groups is 1. The molecule has 128 valence electrons. The van der Waals surface area contributed by atoms with Crippen LogP contribution in [0.2, 0.25) is 0 Å². The molecule has 0 atom stereocenters. The number of ether oxygens (including phenoxy) is 2. The minimum Gasteiger partial charge on any atom is -0.493 e. The van der Waals surface area contributed by atoms with Crippen LogP contribution in [-0.2, 0) is 4.79 Å². The number of nitrogens with zero attached hydrogens (tertiary/aromatic N) is 2. The molecule has 1 aliphatic rings. The van der Waals surface area contributed by atoms with Crippen molar-refractivity contribution >= 4 is 11.6 Å². The van der Waals surface area contributed by atoms with Gasteiger partial charge in [-0.2, -0.15) is 5.26 Å². The second-order valence-electron chi connectivity index (χ2n) is 5.68. The van der Waals surface area contributed by atoms with E-state index in [1.165, 1.54) is 25.3 Å². The van der Waals surface area contributed by atoms with Crippen molar-refractivity contribution in [3.05, 3.63) is 28.3 Å². The van der Waals surface area contributed by atoms with Gasteiger partial charge in [0.25, 0.3) is 11.6 Å². The molecule has 1 aliphatic carbocycles. The van der Waals surface area contributed by atoms with Gasteiger partial charge in [-0.15, -0.1) is 0 Å². The van der Waals surface area contributed by atoms with Crippen molar-refractivity contribution in [2.45, 2.75) is 37.6 Å². The highest BCUT2D eigenvalue weighted by molar-refractivity contribution is 5.79. The van der Waals surface area contributed by atoms with Crippen LogP contribution in [0.15, 0.2) is 18.2 Å². The van der Waals surface area contributed by atoms with Gasteiger partial charge in [-0.25, -0.2) is 0 Å². The van der Waals surface area contributed by atoms with Crippen molar-refractivity contribution in [3.63, 3.8) is 0 Å². The Kier molecular flexibility index (Phi) is 5.58. The van der Waals surface area contributed by atoms with Crippen LogP contribution in [0.25, 0.3) is 0 Å². The molecule has 0 aliphatic heterocycles. The molecule has 0 heterocycles. The van der Waals surface area contributed by atoms with E-state index in [0.29, 0.717) is 18.6 Å². The van der Waals surface area contributed by atoms with Gasteiger partial charge in [-0.05, 0) is 18.9 Å². The summed E-state index contributed by atoms with van der Waals surface area (Å²) in [6, 6.07) is 6.09. The average molecular weight is 333 g/mol. The van der Waals surface area contributed by atoms with E-state index in [0.717, 1.165) is 19.3 Å². The minimum absolute atomic E-state index is 0.108. The number of nitrogens with one attached hydrogen (secondary N) is 1. The van der Waals surface area contributed by atoms with Gasteiger partial charge in [-0.1, -0.05) is 19.3 Å². The monoisotopic (exact) mass is 333 g/mol. The lowest BCUT2D eigenvalue weighted by molar-refractivity contribution is -0.385. The lowest BCUT2D eigenvalue weighted by Gasteiger charge is -2.31. The van der Waals surface area contributed by atoms with E-state index >= 15 is 0 Å². The Morgan fingerprint density at radius 2 is 2.08 bits per heavy atom. The van der Waals surface area contributed by atoms with Gasteiger partial charge in [0.2, 0.25) is 0 Å². The summed E-state index contributed by atoms with van der Waals surface area (Å²) in [7, 11) is 1.40. The first-order valence-electron chi connectivity index (χ1n) is 7.67. The fourth-order valence-corrected chi connectivity index (χ4v) is 2.76. The topological polar surface area (TPSA) is 114 Å². The quantitative estimate of drug-likeness (QED) is 0.631. The van der Waals surface area contributed by atoms with Gasteiger partial charge < -0.3 is 14.8 Å². The third-order valence-electron chi connectivity index (χ3n) is 4.02. The van der Waals surface area contributed by atoms with Crippen LogP contribution in [-0.4, -0.2) is 30.1 Å². The lowest BCUT2D eigenvalue weighted by atomic mass is 9.83. The molecule has 8 heteroatoms. The fourth-order valence-electron chi connectivity index (χ4n) is 2.76. The van der Waals surface area contributed by atoms with Crippen molar-refractivity contribution in [2.24, 2.45) is 0 Å². The Morgan fingerprint density at radius 3 is 2.67 bits per heavy atom. The van der Waals surface area contributed by atoms with Crippen LogP contribution in [0.1, 0.15) is 32.1 Å². The predicted octanol–water partition coefficient (Wildman–Crippen LogP) is 2.32. The highest BCUT2D eigenvalue weighted by atomic mass is 16.6. The molecule has 0 bridgehead atoms. The first-order valence-corrected chi connectivity index (χ1v) is 7.67. The molecular formula is C16H19N3O5. The molecule has 1 aromatic rings. The summed E-state index contributed by atoms with van der Waals surface area (Å²) in [5.74, 6) is -0.0374. The number of hydrogen-bond donors (Lipinski definition) is 1. The summed E-state index contributed by atoms with van der Waals surface area (Å²) in [4.78, 5) is 22.4. The molecule has 2 rings (SSSR count). The molecule has 1 aromatic carbocycles. The summed E-state index contributed by atoms with van der Waals surface area (Å²) >= 11 is 0. The molecular weight excluding hydrogens is 314 g/mol. The zero-order chi connectivity index (χ0) is 17.6. The zero-order valence-corrected chi connectivity index (χ0v) is 13.4. The second-order valence-corrected chi connectivity index (χ2v) is 5.68. The van der Waals surface area contributed by atoms with Gasteiger partial charge in [0.15, 0.2) is 18.1 Å². The third-order valence-corrected chi connectivity index (χ3v) is 4.02. The van der Waals surface area contributed by atoms with Crippen molar-refractivity contribution in [2.75, 3.05) is 13.7 Å². The third kappa shape index (κ3) is 4.13. The number of rotatable bonds is 6. The number of carbonyl (C=O) groups is 1. The number of non-ortho nitro benzene ring substituents is 1. The van der Waals surface area contributed by atoms with E-state index < -0.39 is 16.4 Å². The van der Waals surface area contributed by atoms with E-state index in [1.807, 2.05) is 0 Å². The van der Waals surface area contributed by atoms with E-state index in [1.54, 1.807) is 0 Å². The maximum Gasteiger partial charge on any atom is 0.273 e. The van der Waals surface area contributed by atoms with Crippen molar-refractivity contribution < 1.29 is 19.2 Å². The number of benzene rings is 1. The minimum atomic E-state index is -0.842. The number of hydrogen-bond acceptors (Lipinski definition) is 6. The standard InChI is InChI=1S/C16H19N3O5/c1-23-13-6-5-12(19(21)22)9-14(13)24-10-15(20)18-16(11-17)7-3-2-4-8-16/h5-6,9H,2-4,7-8,10H2,1H3,(H,18,20). The normalized spacial score (nSPS) is 15.8. The molecule has 1 saturated carbocycles. The second kappa shape index (κ2) is 7.64. The van der Waals surface area contributed by atoms with Crippen molar-refractivity contribution in [1.82, 2.24) is 5.32 Å². The van der Waals surface area contributed by atoms with Gasteiger partial charge in [0, 0.05) is 6.07 Å². The van der Waals surface area contributed by atoms with Crippen LogP contribution in [0.4, 0.5) is 5.69 Å². The number of methoxy groups -OCH3 is 1. The maximum absolute atomic E-state index is 12.1. The SMILES string of the molecule is COc1ccc([N+](=O)[O-])cc1OCC(=O)NC1(C#N)CCCCC1. The molecule has 0 aromatic heterocycles. The van der Waals surface area contributed by atoms with Gasteiger partial charge in [0.1, 0.15) is 5.54 Å². The Bertz CT molecular complexity index is 662. The van der Waals surface area contributed by atoms with Crippen molar-refractivity contribution in [1.29, 1.82) is 5.26 Å². The molecule has 1 fully saturated rings. The first kappa shape index (κ1) is 17.5. The summed E-state index contributed by atoms with van der Waals surface area (Å²) in [6.45, 7) is -0.346. The van der Waals surface area contributed by atoms with E-state index in [2.05, 4.69) is 11.4 Å². The Labute approximate surface area is 139 Å². The largest absolute Gasteiger partial charge is 0.493 e. The van der Waals surface area contributed by atoms with Gasteiger partial charge in [0.05, 0.1) is 24.2 Å². The van der Waals surface area contributed by atoms with Gasteiger partial charge in [-0.3, -0.25) is 14.9 Å². The Hall–Kier alpha value is -2.82. The van der Waals surface area contributed by atoms with Crippen LogP contribution in [0, 0.1) is 21.4 Å². The van der Waals surface area contributed by atoms with Crippen LogP contribution in [0.5, 0.6) is 11.5 Å². The Balaban J connectivity index is 2.02. The number of nitriles is 1. The van der Waals surface area contributed by atoms with Crippen LogP contribution >= 0.6 is 0 Å². The highest BCUT2D eigenvalue weighted by Crippen LogP contribution is 2.31. The molecule has 8 nitrogen and oxygen atoms in total. The molecule has 0 unspecified atom stereocenters. The van der Waals surface area contributed by atoms with E-state index in [4.69, 9.17) is 9.47 Å². The predicted molar refractivity (Wildman–Crippen MR) is 84.7 cm³/mol.